The van der Waals surface area contributed by atoms with Gasteiger partial charge in [-0.05, 0) is 17.8 Å². The molecule has 0 heteroatoms. The number of hydrogen-bond donors (Lipinski definition) is 0. The summed E-state index contributed by atoms with van der Waals surface area (Å²) >= 11 is 0. The Morgan fingerprint density at radius 2 is 1.13 bits per heavy atom. The molecule has 0 N–H and O–H groups in total. The van der Waals surface area contributed by atoms with Crippen LogP contribution in [0.2, 0.25) is 0 Å². The predicted octanol–water partition coefficient (Wildman–Crippen LogP) is 5.67. The topological polar surface area (TPSA) is 0 Å². The van der Waals surface area contributed by atoms with E-state index in [9.17, 15) is 0 Å². The molecule has 0 saturated carbocycles. The van der Waals surface area contributed by atoms with E-state index in [4.69, 9.17) is 0 Å². The van der Waals surface area contributed by atoms with Crippen LogP contribution < -0.4 is 0 Å². The van der Waals surface area contributed by atoms with Crippen molar-refractivity contribution >= 4 is 0 Å². The van der Waals surface area contributed by atoms with Crippen LogP contribution in [-0.4, -0.2) is 0 Å². The van der Waals surface area contributed by atoms with E-state index in [2.05, 4.69) is 34.6 Å². The third-order valence-electron chi connectivity index (χ3n) is 4.07. The number of hydrogen-bond acceptors (Lipinski definition) is 0. The number of rotatable bonds is 9. The Balaban J connectivity index is 3.69. The highest BCUT2D eigenvalue weighted by molar-refractivity contribution is 4.68. The second kappa shape index (κ2) is 9.24. The van der Waals surface area contributed by atoms with E-state index in [-0.39, 0.29) is 0 Å². The first-order valence-electron chi connectivity index (χ1n) is 7.13. The van der Waals surface area contributed by atoms with Gasteiger partial charge in [-0.3, -0.25) is 0 Å². The van der Waals surface area contributed by atoms with Crippen LogP contribution in [0.5, 0.6) is 0 Å². The number of unbranched alkanes of at least 4 members (excludes halogenated alkanes) is 3. The fraction of sp³-hybridized carbons (Fsp3) is 1.00. The fourth-order valence-corrected chi connectivity index (χ4v) is 2.33. The lowest BCUT2D eigenvalue weighted by Crippen LogP contribution is -2.16. The van der Waals surface area contributed by atoms with Gasteiger partial charge in [-0.2, -0.15) is 0 Å². The molecule has 0 aliphatic carbocycles. The molecule has 3 unspecified atom stereocenters. The zero-order chi connectivity index (χ0) is 11.7. The van der Waals surface area contributed by atoms with Crippen molar-refractivity contribution in [1.82, 2.24) is 0 Å². The minimum absolute atomic E-state index is 0.911. The third-order valence-corrected chi connectivity index (χ3v) is 4.07. The van der Waals surface area contributed by atoms with Gasteiger partial charge in [0.15, 0.2) is 0 Å². The van der Waals surface area contributed by atoms with Gasteiger partial charge in [-0.15, -0.1) is 0 Å². The molecule has 0 fully saturated rings. The summed E-state index contributed by atoms with van der Waals surface area (Å²) in [6.45, 7) is 11.9. The molecule has 0 radical (unpaired) electrons. The molecule has 3 atom stereocenters. The van der Waals surface area contributed by atoms with E-state index in [0.717, 1.165) is 17.8 Å². The molecule has 0 nitrogen and oxygen atoms in total. The highest BCUT2D eigenvalue weighted by atomic mass is 14.2. The van der Waals surface area contributed by atoms with Gasteiger partial charge in [0.05, 0.1) is 0 Å². The smallest absolute Gasteiger partial charge is 0.0391 e. The molecule has 0 spiro atoms. The molecule has 0 bridgehead atoms. The zero-order valence-electron chi connectivity index (χ0n) is 11.7. The van der Waals surface area contributed by atoms with Crippen LogP contribution in [0.25, 0.3) is 0 Å². The fourth-order valence-electron chi connectivity index (χ4n) is 2.33. The van der Waals surface area contributed by atoms with E-state index in [0.29, 0.717) is 0 Å². The zero-order valence-corrected chi connectivity index (χ0v) is 11.7. The van der Waals surface area contributed by atoms with Crippen molar-refractivity contribution in [3.05, 3.63) is 0 Å². The van der Waals surface area contributed by atoms with E-state index < -0.39 is 0 Å². The van der Waals surface area contributed by atoms with Gasteiger partial charge in [-0.1, -0.05) is 79.6 Å². The van der Waals surface area contributed by atoms with E-state index in [1.54, 1.807) is 0 Å². The largest absolute Gasteiger partial charge is 0.0654 e. The molecule has 92 valence electrons. The quantitative estimate of drug-likeness (QED) is 0.432. The van der Waals surface area contributed by atoms with Crippen molar-refractivity contribution in [2.24, 2.45) is 17.8 Å². The first-order chi connectivity index (χ1) is 7.13. The maximum absolute atomic E-state index is 2.46. The van der Waals surface area contributed by atoms with Crippen LogP contribution in [0, 0.1) is 17.8 Å². The molecule has 0 rings (SSSR count). The Morgan fingerprint density at radius 3 is 1.60 bits per heavy atom. The van der Waals surface area contributed by atoms with E-state index in [1.807, 2.05) is 0 Å². The average molecular weight is 212 g/mol. The summed E-state index contributed by atoms with van der Waals surface area (Å²) in [7, 11) is 0. The molecule has 0 saturated heterocycles. The van der Waals surface area contributed by atoms with Gasteiger partial charge < -0.3 is 0 Å². The first kappa shape index (κ1) is 15.0. The Bertz CT molecular complexity index is 128. The highest BCUT2D eigenvalue weighted by Gasteiger charge is 2.17. The van der Waals surface area contributed by atoms with Gasteiger partial charge in [0.2, 0.25) is 0 Å². The Hall–Kier alpha value is 0. The van der Waals surface area contributed by atoms with Crippen LogP contribution in [0.4, 0.5) is 0 Å². The van der Waals surface area contributed by atoms with Crippen LogP contribution >= 0.6 is 0 Å². The summed E-state index contributed by atoms with van der Waals surface area (Å²) in [5, 5.41) is 0. The molecule has 0 heterocycles. The monoisotopic (exact) mass is 212 g/mol. The Kier molecular flexibility index (Phi) is 9.24. The predicted molar refractivity (Wildman–Crippen MR) is 71.2 cm³/mol. The van der Waals surface area contributed by atoms with Gasteiger partial charge in [0.1, 0.15) is 0 Å². The van der Waals surface area contributed by atoms with E-state index in [1.165, 1.54) is 44.9 Å². The van der Waals surface area contributed by atoms with Gasteiger partial charge >= 0.3 is 0 Å². The lowest BCUT2D eigenvalue weighted by Gasteiger charge is -2.26. The molecule has 0 amide bonds. The summed E-state index contributed by atoms with van der Waals surface area (Å²) in [5.74, 6) is 2.75. The van der Waals surface area contributed by atoms with Crippen LogP contribution in [-0.2, 0) is 0 Å². The van der Waals surface area contributed by atoms with Gasteiger partial charge in [-0.25, -0.2) is 0 Å². The lowest BCUT2D eigenvalue weighted by molar-refractivity contribution is 0.246. The lowest BCUT2D eigenvalue weighted by atomic mass is 9.80. The van der Waals surface area contributed by atoms with Crippen LogP contribution in [0.3, 0.4) is 0 Å². The van der Waals surface area contributed by atoms with Crippen molar-refractivity contribution in [1.29, 1.82) is 0 Å². The maximum Gasteiger partial charge on any atom is -0.0391 e. The van der Waals surface area contributed by atoms with Crippen LogP contribution in [0.1, 0.15) is 79.6 Å². The minimum Gasteiger partial charge on any atom is -0.0654 e. The van der Waals surface area contributed by atoms with Gasteiger partial charge in [0.25, 0.3) is 0 Å². The molecule has 0 aliphatic heterocycles. The SMILES string of the molecule is CCCCCC(C)C(C)C(C)CCCC. The molecule has 0 aliphatic rings. The Morgan fingerprint density at radius 1 is 0.667 bits per heavy atom. The molecule has 0 aromatic heterocycles. The standard InChI is InChI=1S/C15H32/c1-6-8-10-12-14(4)15(5)13(3)11-9-7-2/h13-15H,6-12H2,1-5H3. The third kappa shape index (κ3) is 6.98. The van der Waals surface area contributed by atoms with Crippen molar-refractivity contribution in [2.75, 3.05) is 0 Å². The first-order valence-corrected chi connectivity index (χ1v) is 7.13. The Labute approximate surface area is 97.8 Å². The molecule has 15 heavy (non-hydrogen) atoms. The van der Waals surface area contributed by atoms with Gasteiger partial charge in [0, 0.05) is 0 Å². The van der Waals surface area contributed by atoms with Crippen molar-refractivity contribution in [3.63, 3.8) is 0 Å². The summed E-state index contributed by atoms with van der Waals surface area (Å²) in [4.78, 5) is 0. The summed E-state index contributed by atoms with van der Waals surface area (Å²) < 4.78 is 0. The second-order valence-corrected chi connectivity index (χ2v) is 5.45. The molecular formula is C15H32. The van der Waals surface area contributed by atoms with Crippen molar-refractivity contribution in [3.8, 4) is 0 Å². The second-order valence-electron chi connectivity index (χ2n) is 5.45. The molecule has 0 aromatic rings. The van der Waals surface area contributed by atoms with Crippen LogP contribution in [0.15, 0.2) is 0 Å². The maximum atomic E-state index is 2.46. The summed E-state index contributed by atoms with van der Waals surface area (Å²) in [5.41, 5.74) is 0. The molecular weight excluding hydrogens is 180 g/mol. The summed E-state index contributed by atoms with van der Waals surface area (Å²) in [6.07, 6.45) is 9.82. The average Bonchev–Trinajstić information content (AvgIpc) is 2.24. The highest BCUT2D eigenvalue weighted by Crippen LogP contribution is 2.28. The normalized spacial score (nSPS) is 17.4. The van der Waals surface area contributed by atoms with Crippen molar-refractivity contribution in [2.45, 2.75) is 79.6 Å². The van der Waals surface area contributed by atoms with Crippen molar-refractivity contribution < 1.29 is 0 Å². The summed E-state index contributed by atoms with van der Waals surface area (Å²) in [6, 6.07) is 0. The van der Waals surface area contributed by atoms with E-state index >= 15 is 0 Å². The molecule has 0 aromatic carbocycles. The minimum atomic E-state index is 0.911.